The van der Waals surface area contributed by atoms with E-state index in [-0.39, 0.29) is 5.78 Å². The van der Waals surface area contributed by atoms with Crippen LogP contribution in [0.1, 0.15) is 15.9 Å². The van der Waals surface area contributed by atoms with Crippen LogP contribution in [0.25, 0.3) is 0 Å². The summed E-state index contributed by atoms with van der Waals surface area (Å²) in [7, 11) is 1.65. The molecule has 2 aromatic carbocycles. The Morgan fingerprint density at radius 1 is 1.08 bits per heavy atom. The maximum absolute atomic E-state index is 12.6. The number of methoxy groups -OCH3 is 1. The summed E-state index contributed by atoms with van der Waals surface area (Å²) in [4.78, 5) is 13.7. The van der Waals surface area contributed by atoms with Gasteiger partial charge in [0.15, 0.2) is 12.4 Å². The number of carbonyl (C=O) groups excluding carboxylic acids is 1. The highest BCUT2D eigenvalue weighted by atomic mass is 35.5. The fourth-order valence-corrected chi connectivity index (χ4v) is 3.56. The van der Waals surface area contributed by atoms with E-state index in [2.05, 4.69) is 0 Å². The van der Waals surface area contributed by atoms with Crippen molar-refractivity contribution in [1.29, 1.82) is 0 Å². The van der Waals surface area contributed by atoms with Crippen molar-refractivity contribution in [2.75, 3.05) is 7.11 Å². The topological polar surface area (TPSA) is 30.2 Å². The number of ether oxygens (including phenoxy) is 1. The summed E-state index contributed by atoms with van der Waals surface area (Å²) in [6.45, 7) is 0.316. The molecule has 132 valence electrons. The van der Waals surface area contributed by atoms with E-state index in [0.29, 0.717) is 17.9 Å². The van der Waals surface area contributed by atoms with Crippen molar-refractivity contribution in [2.24, 2.45) is 0 Å². The highest BCUT2D eigenvalue weighted by Crippen LogP contribution is 2.29. The smallest absolute Gasteiger partial charge is 0.227 e. The van der Waals surface area contributed by atoms with Crippen molar-refractivity contribution >= 4 is 29.1 Å². The van der Waals surface area contributed by atoms with Crippen LogP contribution in [0.3, 0.4) is 0 Å². The number of hydrogen-bond donors (Lipinski definition) is 0. The molecule has 1 heterocycles. The van der Waals surface area contributed by atoms with Gasteiger partial charge >= 0.3 is 0 Å². The second-order valence-corrected chi connectivity index (χ2v) is 7.23. The molecular weight excluding hydrogens is 366 g/mol. The fraction of sp³-hybridized carbons (Fsp3) is 0.143. The van der Waals surface area contributed by atoms with E-state index in [1.165, 1.54) is 0 Å². The molecule has 1 aromatic heterocycles. The van der Waals surface area contributed by atoms with E-state index in [1.807, 2.05) is 77.6 Å². The number of rotatable bonds is 7. The Morgan fingerprint density at radius 3 is 2.50 bits per heavy atom. The van der Waals surface area contributed by atoms with Crippen molar-refractivity contribution in [2.45, 2.75) is 17.2 Å². The van der Waals surface area contributed by atoms with Crippen LogP contribution in [0.4, 0.5) is 0 Å². The maximum Gasteiger partial charge on any atom is 0.227 e. The molecule has 26 heavy (non-hydrogen) atoms. The lowest BCUT2D eigenvalue weighted by Gasteiger charge is -2.10. The Morgan fingerprint density at radius 2 is 1.81 bits per heavy atom. The van der Waals surface area contributed by atoms with Crippen molar-refractivity contribution in [1.82, 2.24) is 0 Å². The molecule has 0 atom stereocenters. The van der Waals surface area contributed by atoms with E-state index in [0.717, 1.165) is 21.2 Å². The number of halogens is 1. The number of benzene rings is 2. The molecule has 0 unspecified atom stereocenters. The minimum absolute atomic E-state index is 0.0709. The largest absolute Gasteiger partial charge is 0.496 e. The molecule has 0 spiro atoms. The lowest BCUT2D eigenvalue weighted by Crippen LogP contribution is -2.36. The minimum atomic E-state index is 0.0709. The van der Waals surface area contributed by atoms with Crippen LogP contribution in [0.15, 0.2) is 78.0 Å². The second-order valence-electron chi connectivity index (χ2n) is 5.74. The number of ketones is 1. The van der Waals surface area contributed by atoms with Gasteiger partial charge in [-0.1, -0.05) is 17.7 Å². The number of hydrogen-bond acceptors (Lipinski definition) is 3. The number of aromatic nitrogens is 1. The first kappa shape index (κ1) is 18.5. The Labute approximate surface area is 162 Å². The number of Topliss-reactive ketones (excluding diaryl/α,β-unsaturated/α-hetero) is 1. The molecule has 0 N–H and O–H groups in total. The summed E-state index contributed by atoms with van der Waals surface area (Å²) >= 11 is 7.61. The van der Waals surface area contributed by atoms with Crippen LogP contribution < -0.4 is 9.30 Å². The van der Waals surface area contributed by atoms with Gasteiger partial charge in [0.2, 0.25) is 12.3 Å². The second kappa shape index (κ2) is 8.88. The van der Waals surface area contributed by atoms with Crippen LogP contribution in [-0.2, 0) is 12.3 Å². The van der Waals surface area contributed by atoms with Gasteiger partial charge in [0.25, 0.3) is 0 Å². The summed E-state index contributed by atoms with van der Waals surface area (Å²) in [5, 5.41) is 0.720. The molecule has 0 radical (unpaired) electrons. The van der Waals surface area contributed by atoms with Gasteiger partial charge in [0.1, 0.15) is 5.75 Å². The SMILES string of the molecule is COc1ccc(C(=O)C[n+]2ccccc2)cc1CSc1ccc(Cl)cc1. The average Bonchev–Trinajstić information content (AvgIpc) is 2.68. The molecule has 3 nitrogen and oxygen atoms in total. The van der Waals surface area contributed by atoms with Crippen molar-refractivity contribution in [3.63, 3.8) is 0 Å². The van der Waals surface area contributed by atoms with Gasteiger partial charge in [0.05, 0.1) is 7.11 Å². The first-order chi connectivity index (χ1) is 12.7. The normalized spacial score (nSPS) is 10.5. The average molecular weight is 385 g/mol. The predicted octanol–water partition coefficient (Wildman–Crippen LogP) is 4.81. The monoisotopic (exact) mass is 384 g/mol. The molecule has 0 fully saturated rings. The molecule has 0 aliphatic rings. The fourth-order valence-electron chi connectivity index (χ4n) is 2.55. The molecule has 0 saturated carbocycles. The van der Waals surface area contributed by atoms with Crippen LogP contribution in [0.2, 0.25) is 5.02 Å². The summed E-state index contributed by atoms with van der Waals surface area (Å²) < 4.78 is 7.32. The zero-order chi connectivity index (χ0) is 18.4. The summed E-state index contributed by atoms with van der Waals surface area (Å²) in [5.74, 6) is 1.57. The van der Waals surface area contributed by atoms with Crippen molar-refractivity contribution < 1.29 is 14.1 Å². The zero-order valence-corrected chi connectivity index (χ0v) is 16.0. The Balaban J connectivity index is 1.75. The molecule has 0 saturated heterocycles. The molecule has 0 aliphatic carbocycles. The Kier molecular flexibility index (Phi) is 6.31. The van der Waals surface area contributed by atoms with Gasteiger partial charge in [-0.25, -0.2) is 0 Å². The third-order valence-electron chi connectivity index (χ3n) is 3.91. The number of nitrogens with zero attached hydrogens (tertiary/aromatic N) is 1. The highest BCUT2D eigenvalue weighted by Gasteiger charge is 2.14. The van der Waals surface area contributed by atoms with E-state index >= 15 is 0 Å². The van der Waals surface area contributed by atoms with Crippen molar-refractivity contribution in [3.05, 3.63) is 89.2 Å². The molecule has 3 aromatic rings. The molecule has 0 aliphatic heterocycles. The molecular formula is C21H19ClNO2S+. The van der Waals surface area contributed by atoms with Gasteiger partial charge in [-0.05, 0) is 42.5 Å². The minimum Gasteiger partial charge on any atom is -0.496 e. The summed E-state index contributed by atoms with van der Waals surface area (Å²) in [6.07, 6.45) is 3.78. The van der Waals surface area contributed by atoms with E-state index in [9.17, 15) is 4.79 Å². The van der Waals surface area contributed by atoms with E-state index < -0.39 is 0 Å². The number of carbonyl (C=O) groups is 1. The summed E-state index contributed by atoms with van der Waals surface area (Å²) in [6, 6.07) is 19.1. The third kappa shape index (κ3) is 4.87. The van der Waals surface area contributed by atoms with Gasteiger partial charge in [-0.3, -0.25) is 4.79 Å². The third-order valence-corrected chi connectivity index (χ3v) is 5.23. The first-order valence-electron chi connectivity index (χ1n) is 8.18. The van der Waals surface area contributed by atoms with Gasteiger partial charge in [0, 0.05) is 38.9 Å². The quantitative estimate of drug-likeness (QED) is 0.332. The molecule has 0 amide bonds. The predicted molar refractivity (Wildman–Crippen MR) is 105 cm³/mol. The Hall–Kier alpha value is -2.30. The van der Waals surface area contributed by atoms with Crippen molar-refractivity contribution in [3.8, 4) is 5.75 Å². The Bertz CT molecular complexity index is 882. The molecule has 5 heteroatoms. The first-order valence-corrected chi connectivity index (χ1v) is 9.54. The maximum atomic E-state index is 12.6. The highest BCUT2D eigenvalue weighted by molar-refractivity contribution is 7.98. The van der Waals surface area contributed by atoms with Crippen LogP contribution in [0.5, 0.6) is 5.75 Å². The number of thioether (sulfide) groups is 1. The standard InChI is InChI=1S/C21H19ClNO2S/c1-25-21-10-5-16(20(24)14-23-11-3-2-4-12-23)13-17(21)15-26-19-8-6-18(22)7-9-19/h2-13H,14-15H2,1H3/q+1. The van der Waals surface area contributed by atoms with E-state index in [4.69, 9.17) is 16.3 Å². The van der Waals surface area contributed by atoms with E-state index in [1.54, 1.807) is 18.9 Å². The van der Waals surface area contributed by atoms with Gasteiger partial charge < -0.3 is 4.74 Å². The zero-order valence-electron chi connectivity index (χ0n) is 14.4. The lowest BCUT2D eigenvalue weighted by molar-refractivity contribution is -0.683. The van der Waals surface area contributed by atoms with Crippen LogP contribution in [-0.4, -0.2) is 12.9 Å². The number of pyridine rings is 1. The molecule has 0 bridgehead atoms. The van der Waals surface area contributed by atoms with Crippen LogP contribution >= 0.6 is 23.4 Å². The van der Waals surface area contributed by atoms with Gasteiger partial charge in [-0.15, -0.1) is 11.8 Å². The lowest BCUT2D eigenvalue weighted by atomic mass is 10.1. The summed E-state index contributed by atoms with van der Waals surface area (Å²) in [5.41, 5.74) is 1.69. The molecule has 3 rings (SSSR count). The van der Waals surface area contributed by atoms with Gasteiger partial charge in [-0.2, -0.15) is 4.57 Å². The van der Waals surface area contributed by atoms with Crippen LogP contribution in [0, 0.1) is 0 Å².